The molecular weight excluding hydrogens is 203 g/mol. The monoisotopic (exact) mass is 214 g/mol. The molecular formula is C5H12Cl2N4O. The van der Waals surface area contributed by atoms with Gasteiger partial charge in [0.2, 0.25) is 0 Å². The average Bonchev–Trinajstić information content (AvgIpc) is 2.34. The number of aliphatic hydroxyl groups excluding tert-OH is 1. The third kappa shape index (κ3) is 3.36. The van der Waals surface area contributed by atoms with E-state index in [-0.39, 0.29) is 37.5 Å². The van der Waals surface area contributed by atoms with Gasteiger partial charge in [0.25, 0.3) is 0 Å². The van der Waals surface area contributed by atoms with Gasteiger partial charge in [-0.3, -0.25) is 5.10 Å². The Hall–Kier alpha value is -0.360. The lowest BCUT2D eigenvalue weighted by molar-refractivity contribution is 0.271. The van der Waals surface area contributed by atoms with E-state index in [9.17, 15) is 0 Å². The molecule has 1 atom stereocenters. The standard InChI is InChI=1S/C5H10N4O.2ClH/c1-3(6)5-7-4(2-10)8-9-5;;/h3,10H,2,6H2,1H3,(H,7,8,9);2*1H/t3-;;/m1../s1. The zero-order valence-corrected chi connectivity index (χ0v) is 8.15. The molecule has 1 aromatic rings. The second kappa shape index (κ2) is 6.19. The van der Waals surface area contributed by atoms with Crippen LogP contribution in [0.5, 0.6) is 0 Å². The van der Waals surface area contributed by atoms with Gasteiger partial charge in [-0.05, 0) is 6.92 Å². The number of hydrogen-bond donors (Lipinski definition) is 3. The van der Waals surface area contributed by atoms with Gasteiger partial charge in [-0.25, -0.2) is 4.98 Å². The highest BCUT2D eigenvalue weighted by Crippen LogP contribution is 2.00. The summed E-state index contributed by atoms with van der Waals surface area (Å²) in [6.45, 7) is 1.66. The molecule has 0 unspecified atom stereocenters. The van der Waals surface area contributed by atoms with Gasteiger partial charge in [0.1, 0.15) is 12.4 Å². The van der Waals surface area contributed by atoms with Crippen LogP contribution in [0.4, 0.5) is 0 Å². The third-order valence-electron chi connectivity index (χ3n) is 1.11. The van der Waals surface area contributed by atoms with Crippen molar-refractivity contribution in [1.29, 1.82) is 0 Å². The zero-order chi connectivity index (χ0) is 7.56. The molecule has 0 amide bonds. The number of H-pyrrole nitrogens is 1. The van der Waals surface area contributed by atoms with Gasteiger partial charge in [-0.2, -0.15) is 5.10 Å². The summed E-state index contributed by atoms with van der Waals surface area (Å²) in [5.74, 6) is 0.983. The van der Waals surface area contributed by atoms with E-state index >= 15 is 0 Å². The smallest absolute Gasteiger partial charge is 0.167 e. The van der Waals surface area contributed by atoms with E-state index in [0.29, 0.717) is 11.6 Å². The van der Waals surface area contributed by atoms with Gasteiger partial charge in [-0.1, -0.05) is 0 Å². The molecule has 1 rings (SSSR count). The fourth-order valence-corrected chi connectivity index (χ4v) is 0.584. The quantitative estimate of drug-likeness (QED) is 0.655. The van der Waals surface area contributed by atoms with E-state index < -0.39 is 0 Å². The number of nitrogens with one attached hydrogen (secondary N) is 1. The maximum Gasteiger partial charge on any atom is 0.167 e. The predicted molar refractivity (Wildman–Crippen MR) is 49.4 cm³/mol. The van der Waals surface area contributed by atoms with Crippen LogP contribution >= 0.6 is 24.8 Å². The minimum Gasteiger partial charge on any atom is -0.388 e. The van der Waals surface area contributed by atoms with Crippen LogP contribution in [0.3, 0.4) is 0 Å². The van der Waals surface area contributed by atoms with Crippen LogP contribution in [0.15, 0.2) is 0 Å². The van der Waals surface area contributed by atoms with Gasteiger partial charge in [0, 0.05) is 0 Å². The Morgan fingerprint density at radius 1 is 1.58 bits per heavy atom. The molecule has 0 aliphatic carbocycles. The van der Waals surface area contributed by atoms with Gasteiger partial charge >= 0.3 is 0 Å². The fraction of sp³-hybridized carbons (Fsp3) is 0.600. The molecule has 7 heteroatoms. The normalized spacial score (nSPS) is 11.2. The molecule has 0 spiro atoms. The third-order valence-corrected chi connectivity index (χ3v) is 1.11. The number of aromatic nitrogens is 3. The van der Waals surface area contributed by atoms with Crippen molar-refractivity contribution >= 4 is 24.8 Å². The van der Waals surface area contributed by atoms with Crippen LogP contribution in [-0.4, -0.2) is 20.3 Å². The molecule has 1 aromatic heterocycles. The molecule has 72 valence electrons. The van der Waals surface area contributed by atoms with E-state index in [4.69, 9.17) is 10.8 Å². The Bertz CT molecular complexity index is 215. The van der Waals surface area contributed by atoms with Crippen molar-refractivity contribution in [3.8, 4) is 0 Å². The summed E-state index contributed by atoms with van der Waals surface area (Å²) in [4.78, 5) is 3.89. The zero-order valence-electron chi connectivity index (χ0n) is 6.52. The lowest BCUT2D eigenvalue weighted by Gasteiger charge is -1.93. The highest BCUT2D eigenvalue weighted by atomic mass is 35.5. The number of nitrogens with two attached hydrogens (primary N) is 1. The average molecular weight is 215 g/mol. The first-order valence-corrected chi connectivity index (χ1v) is 3.01. The van der Waals surface area contributed by atoms with Crippen molar-refractivity contribution in [2.75, 3.05) is 0 Å². The van der Waals surface area contributed by atoms with Crippen molar-refractivity contribution in [1.82, 2.24) is 15.2 Å². The van der Waals surface area contributed by atoms with Gasteiger partial charge in [0.15, 0.2) is 5.82 Å². The Morgan fingerprint density at radius 2 is 2.17 bits per heavy atom. The van der Waals surface area contributed by atoms with Crippen LogP contribution in [0.2, 0.25) is 0 Å². The van der Waals surface area contributed by atoms with Crippen molar-refractivity contribution < 1.29 is 5.11 Å². The van der Waals surface area contributed by atoms with Crippen LogP contribution in [0.25, 0.3) is 0 Å². The molecule has 0 bridgehead atoms. The van der Waals surface area contributed by atoms with Gasteiger partial charge in [0.05, 0.1) is 6.04 Å². The number of halogens is 2. The molecule has 0 fully saturated rings. The number of nitrogens with zero attached hydrogens (tertiary/aromatic N) is 2. The number of hydrogen-bond acceptors (Lipinski definition) is 4. The molecule has 0 aromatic carbocycles. The van der Waals surface area contributed by atoms with E-state index in [0.717, 1.165) is 0 Å². The number of aromatic amines is 1. The molecule has 12 heavy (non-hydrogen) atoms. The Kier molecular flexibility index (Phi) is 7.31. The first-order valence-electron chi connectivity index (χ1n) is 3.01. The fourth-order valence-electron chi connectivity index (χ4n) is 0.584. The summed E-state index contributed by atoms with van der Waals surface area (Å²) in [7, 11) is 0. The first kappa shape index (κ1) is 14.2. The molecule has 0 saturated heterocycles. The first-order chi connectivity index (χ1) is 4.74. The second-order valence-electron chi connectivity index (χ2n) is 2.09. The van der Waals surface area contributed by atoms with Crippen molar-refractivity contribution in [3.05, 3.63) is 11.6 Å². The predicted octanol–water partition coefficient (Wildman–Crippen LogP) is 0.160. The van der Waals surface area contributed by atoms with Crippen LogP contribution in [0.1, 0.15) is 24.6 Å². The van der Waals surface area contributed by atoms with E-state index in [1.54, 1.807) is 6.92 Å². The highest BCUT2D eigenvalue weighted by Gasteiger charge is 2.04. The SMILES string of the molecule is C[C@@H](N)c1n[nH]c(CO)n1.Cl.Cl. The van der Waals surface area contributed by atoms with Crippen LogP contribution < -0.4 is 5.73 Å². The topological polar surface area (TPSA) is 87.8 Å². The van der Waals surface area contributed by atoms with Crippen molar-refractivity contribution in [3.63, 3.8) is 0 Å². The molecule has 0 aliphatic heterocycles. The molecule has 4 N–H and O–H groups in total. The summed E-state index contributed by atoms with van der Waals surface area (Å²) in [5, 5.41) is 14.9. The Balaban J connectivity index is 0. The van der Waals surface area contributed by atoms with Crippen LogP contribution in [-0.2, 0) is 6.61 Å². The highest BCUT2D eigenvalue weighted by molar-refractivity contribution is 5.85. The van der Waals surface area contributed by atoms with Gasteiger partial charge < -0.3 is 10.8 Å². The van der Waals surface area contributed by atoms with Crippen molar-refractivity contribution in [2.24, 2.45) is 5.73 Å². The number of rotatable bonds is 2. The summed E-state index contributed by atoms with van der Waals surface area (Å²) < 4.78 is 0. The maximum atomic E-state index is 8.56. The molecule has 1 heterocycles. The maximum absolute atomic E-state index is 8.56. The summed E-state index contributed by atoms with van der Waals surface area (Å²) >= 11 is 0. The Morgan fingerprint density at radius 3 is 2.42 bits per heavy atom. The minimum absolute atomic E-state index is 0. The molecule has 0 saturated carbocycles. The summed E-state index contributed by atoms with van der Waals surface area (Å²) in [5.41, 5.74) is 5.46. The largest absolute Gasteiger partial charge is 0.388 e. The number of aliphatic hydroxyl groups is 1. The summed E-state index contributed by atoms with van der Waals surface area (Å²) in [6, 6.07) is -0.184. The Labute approximate surface area is 82.6 Å². The molecule has 0 aliphatic rings. The molecule has 5 nitrogen and oxygen atoms in total. The molecule has 0 radical (unpaired) electrons. The van der Waals surface area contributed by atoms with Crippen molar-refractivity contribution in [2.45, 2.75) is 19.6 Å². The van der Waals surface area contributed by atoms with Crippen LogP contribution in [0, 0.1) is 0 Å². The van der Waals surface area contributed by atoms with E-state index in [2.05, 4.69) is 15.2 Å². The van der Waals surface area contributed by atoms with E-state index in [1.165, 1.54) is 0 Å². The summed E-state index contributed by atoms with van der Waals surface area (Å²) in [6.07, 6.45) is 0. The lowest BCUT2D eigenvalue weighted by Crippen LogP contribution is -2.06. The second-order valence-corrected chi connectivity index (χ2v) is 2.09. The van der Waals surface area contributed by atoms with Gasteiger partial charge in [-0.15, -0.1) is 24.8 Å². The lowest BCUT2D eigenvalue weighted by atomic mass is 10.3. The minimum atomic E-state index is -0.184. The van der Waals surface area contributed by atoms with E-state index in [1.807, 2.05) is 0 Å².